The van der Waals surface area contributed by atoms with Crippen LogP contribution in [0.1, 0.15) is 36.0 Å². The van der Waals surface area contributed by atoms with Gasteiger partial charge in [0, 0.05) is 18.7 Å². The molecule has 0 unspecified atom stereocenters. The van der Waals surface area contributed by atoms with Crippen molar-refractivity contribution in [2.45, 2.75) is 31.7 Å². The van der Waals surface area contributed by atoms with E-state index in [0.717, 1.165) is 25.7 Å². The number of primary amides is 1. The quantitative estimate of drug-likeness (QED) is 0.700. The molecule has 1 saturated carbocycles. The van der Waals surface area contributed by atoms with E-state index >= 15 is 0 Å². The summed E-state index contributed by atoms with van der Waals surface area (Å²) in [6, 6.07) is 5.35. The molecule has 0 bridgehead atoms. The van der Waals surface area contributed by atoms with Gasteiger partial charge >= 0.3 is 0 Å². The number of hydrogen-bond donors (Lipinski definition) is 3. The van der Waals surface area contributed by atoms with E-state index in [1.165, 1.54) is 0 Å². The van der Waals surface area contributed by atoms with Gasteiger partial charge in [0.25, 0.3) is 5.91 Å². The fourth-order valence-electron chi connectivity index (χ4n) is 2.87. The molecule has 0 atom stereocenters. The molecule has 0 aliphatic heterocycles. The summed E-state index contributed by atoms with van der Waals surface area (Å²) in [7, 11) is 1.58. The summed E-state index contributed by atoms with van der Waals surface area (Å²) in [4.78, 5) is 25.1. The SMILES string of the molecule is CNC(=O)c1ccc(N)c(N(CC(N)=O)C2CCCC2)c1. The van der Waals surface area contributed by atoms with Gasteiger partial charge in [0.15, 0.2) is 0 Å². The van der Waals surface area contributed by atoms with Crippen molar-refractivity contribution in [2.75, 3.05) is 24.2 Å². The van der Waals surface area contributed by atoms with E-state index in [4.69, 9.17) is 11.5 Å². The Morgan fingerprint density at radius 2 is 2.00 bits per heavy atom. The predicted molar refractivity (Wildman–Crippen MR) is 83.0 cm³/mol. The second-order valence-electron chi connectivity index (χ2n) is 5.39. The Labute approximate surface area is 124 Å². The van der Waals surface area contributed by atoms with Gasteiger partial charge in [0.2, 0.25) is 5.91 Å². The second kappa shape index (κ2) is 6.47. The van der Waals surface area contributed by atoms with Crippen molar-refractivity contribution >= 4 is 23.2 Å². The lowest BCUT2D eigenvalue weighted by molar-refractivity contribution is -0.116. The van der Waals surface area contributed by atoms with Gasteiger partial charge in [-0.15, -0.1) is 0 Å². The number of nitrogens with two attached hydrogens (primary N) is 2. The largest absolute Gasteiger partial charge is 0.397 e. The molecule has 0 spiro atoms. The zero-order valence-corrected chi connectivity index (χ0v) is 12.3. The third-order valence-electron chi connectivity index (χ3n) is 3.92. The van der Waals surface area contributed by atoms with Crippen LogP contribution in [0, 0.1) is 0 Å². The number of benzene rings is 1. The zero-order chi connectivity index (χ0) is 15.4. The summed E-state index contributed by atoms with van der Waals surface area (Å²) in [5.74, 6) is -0.576. The molecule has 1 aromatic rings. The summed E-state index contributed by atoms with van der Waals surface area (Å²) in [5.41, 5.74) is 13.2. The molecule has 1 aliphatic rings. The predicted octanol–water partition coefficient (Wildman–Crippen LogP) is 0.863. The average molecular weight is 290 g/mol. The van der Waals surface area contributed by atoms with E-state index in [9.17, 15) is 9.59 Å². The third kappa shape index (κ3) is 3.45. The highest BCUT2D eigenvalue weighted by molar-refractivity contribution is 5.96. The van der Waals surface area contributed by atoms with Gasteiger partial charge in [-0.05, 0) is 31.0 Å². The van der Waals surface area contributed by atoms with Crippen LogP contribution in [0.3, 0.4) is 0 Å². The molecular weight excluding hydrogens is 268 g/mol. The lowest BCUT2D eigenvalue weighted by Crippen LogP contribution is -2.40. The Hall–Kier alpha value is -2.24. The maximum Gasteiger partial charge on any atom is 0.251 e. The van der Waals surface area contributed by atoms with Crippen LogP contribution in [0.25, 0.3) is 0 Å². The van der Waals surface area contributed by atoms with Crippen molar-refractivity contribution in [1.82, 2.24) is 5.32 Å². The van der Waals surface area contributed by atoms with Gasteiger partial charge in [0.1, 0.15) is 0 Å². The molecule has 6 heteroatoms. The fraction of sp³-hybridized carbons (Fsp3) is 0.467. The topological polar surface area (TPSA) is 101 Å². The normalized spacial score (nSPS) is 14.9. The van der Waals surface area contributed by atoms with E-state index in [0.29, 0.717) is 16.9 Å². The van der Waals surface area contributed by atoms with Gasteiger partial charge in [-0.25, -0.2) is 0 Å². The van der Waals surface area contributed by atoms with Crippen LogP contribution in [0.15, 0.2) is 18.2 Å². The molecular formula is C15H22N4O2. The highest BCUT2D eigenvalue weighted by Crippen LogP contribution is 2.32. The molecule has 0 saturated heterocycles. The van der Waals surface area contributed by atoms with Crippen LogP contribution >= 0.6 is 0 Å². The Bertz CT molecular complexity index is 538. The number of anilines is 2. The molecule has 21 heavy (non-hydrogen) atoms. The van der Waals surface area contributed by atoms with Gasteiger partial charge in [-0.1, -0.05) is 12.8 Å². The summed E-state index contributed by atoms with van der Waals surface area (Å²) in [6.45, 7) is 0.117. The number of carbonyl (C=O) groups is 2. The highest BCUT2D eigenvalue weighted by atomic mass is 16.2. The fourth-order valence-corrected chi connectivity index (χ4v) is 2.87. The molecule has 0 radical (unpaired) electrons. The van der Waals surface area contributed by atoms with E-state index in [1.807, 2.05) is 4.90 Å². The first-order valence-electron chi connectivity index (χ1n) is 7.19. The van der Waals surface area contributed by atoms with Gasteiger partial charge in [0.05, 0.1) is 17.9 Å². The number of hydrogen-bond acceptors (Lipinski definition) is 4. The highest BCUT2D eigenvalue weighted by Gasteiger charge is 2.26. The van der Waals surface area contributed by atoms with Crippen LogP contribution < -0.4 is 21.7 Å². The first-order chi connectivity index (χ1) is 10.0. The molecule has 1 aliphatic carbocycles. The van der Waals surface area contributed by atoms with Crippen molar-refractivity contribution in [1.29, 1.82) is 0 Å². The number of carbonyl (C=O) groups excluding carboxylic acids is 2. The Balaban J connectivity index is 2.37. The Kier molecular flexibility index (Phi) is 4.67. The number of nitrogens with zero attached hydrogens (tertiary/aromatic N) is 1. The summed E-state index contributed by atoms with van der Waals surface area (Å²) in [6.07, 6.45) is 4.29. The first kappa shape index (κ1) is 15.2. The maximum atomic E-state index is 11.8. The van der Waals surface area contributed by atoms with Gasteiger partial charge in [-0.2, -0.15) is 0 Å². The molecule has 1 aromatic carbocycles. The number of amides is 2. The molecule has 2 rings (SSSR count). The summed E-state index contributed by atoms with van der Waals surface area (Å²) < 4.78 is 0. The standard InChI is InChI=1S/C15H22N4O2/c1-18-15(21)10-6-7-12(16)13(8-10)19(9-14(17)20)11-4-2-3-5-11/h6-8,11H,2-5,9,16H2,1H3,(H2,17,20)(H,18,21). The lowest BCUT2D eigenvalue weighted by atomic mass is 10.1. The van der Waals surface area contributed by atoms with Crippen molar-refractivity contribution in [3.63, 3.8) is 0 Å². The summed E-state index contributed by atoms with van der Waals surface area (Å²) >= 11 is 0. The maximum absolute atomic E-state index is 11.8. The van der Waals surface area contributed by atoms with Crippen LogP contribution in [-0.4, -0.2) is 31.4 Å². The van der Waals surface area contributed by atoms with Crippen LogP contribution in [-0.2, 0) is 4.79 Å². The molecule has 5 N–H and O–H groups in total. The Morgan fingerprint density at radius 1 is 1.33 bits per heavy atom. The second-order valence-corrected chi connectivity index (χ2v) is 5.39. The number of nitrogen functional groups attached to an aromatic ring is 1. The van der Waals surface area contributed by atoms with Gasteiger partial charge in [-0.3, -0.25) is 9.59 Å². The molecule has 2 amide bonds. The monoisotopic (exact) mass is 290 g/mol. The minimum atomic E-state index is -0.397. The molecule has 0 aromatic heterocycles. The minimum Gasteiger partial charge on any atom is -0.397 e. The average Bonchev–Trinajstić information content (AvgIpc) is 2.98. The van der Waals surface area contributed by atoms with E-state index in [1.54, 1.807) is 25.2 Å². The van der Waals surface area contributed by atoms with E-state index in [-0.39, 0.29) is 18.5 Å². The minimum absolute atomic E-state index is 0.117. The number of rotatable bonds is 5. The third-order valence-corrected chi connectivity index (χ3v) is 3.92. The van der Waals surface area contributed by atoms with Crippen LogP contribution in [0.5, 0.6) is 0 Å². The van der Waals surface area contributed by atoms with E-state index < -0.39 is 5.91 Å². The van der Waals surface area contributed by atoms with Crippen molar-refractivity contribution in [2.24, 2.45) is 5.73 Å². The van der Waals surface area contributed by atoms with Crippen LogP contribution in [0.2, 0.25) is 0 Å². The van der Waals surface area contributed by atoms with Crippen molar-refractivity contribution < 1.29 is 9.59 Å². The molecule has 1 fully saturated rings. The van der Waals surface area contributed by atoms with Gasteiger partial charge < -0.3 is 21.7 Å². The van der Waals surface area contributed by atoms with Crippen molar-refractivity contribution in [3.8, 4) is 0 Å². The molecule has 0 heterocycles. The first-order valence-corrected chi connectivity index (χ1v) is 7.19. The van der Waals surface area contributed by atoms with E-state index in [2.05, 4.69) is 5.32 Å². The van der Waals surface area contributed by atoms with Crippen molar-refractivity contribution in [3.05, 3.63) is 23.8 Å². The summed E-state index contributed by atoms with van der Waals surface area (Å²) in [5, 5.41) is 2.59. The molecule has 114 valence electrons. The zero-order valence-electron chi connectivity index (χ0n) is 12.3. The Morgan fingerprint density at radius 3 is 2.57 bits per heavy atom. The smallest absolute Gasteiger partial charge is 0.251 e. The van der Waals surface area contributed by atoms with Crippen LogP contribution in [0.4, 0.5) is 11.4 Å². The number of nitrogens with one attached hydrogen (secondary N) is 1. The lowest BCUT2D eigenvalue weighted by Gasteiger charge is -2.31. The molecule has 6 nitrogen and oxygen atoms in total.